The van der Waals surface area contributed by atoms with E-state index in [2.05, 4.69) is 27.7 Å². The third-order valence-electron chi connectivity index (χ3n) is 5.65. The van der Waals surface area contributed by atoms with Crippen molar-refractivity contribution in [3.63, 3.8) is 0 Å². The molecule has 0 radical (unpaired) electrons. The lowest BCUT2D eigenvalue weighted by atomic mass is 9.43. The fourth-order valence-electron chi connectivity index (χ4n) is 4.25. The zero-order valence-corrected chi connectivity index (χ0v) is 12.0. The first-order chi connectivity index (χ1) is 7.89. The second-order valence-electron chi connectivity index (χ2n) is 6.76. The van der Waals surface area contributed by atoms with Crippen molar-refractivity contribution in [3.8, 4) is 0 Å². The Balaban J connectivity index is 1.82. The van der Waals surface area contributed by atoms with E-state index >= 15 is 0 Å². The van der Waals surface area contributed by atoms with Gasteiger partial charge in [0.1, 0.15) is 0 Å². The molecule has 2 bridgehead atoms. The summed E-state index contributed by atoms with van der Waals surface area (Å²) in [5.41, 5.74) is 0.308. The number of hydrogen-bond acceptors (Lipinski definition) is 2. The van der Waals surface area contributed by atoms with Gasteiger partial charge in [0.15, 0.2) is 0 Å². The molecular weight excluding hydrogens is 234 g/mol. The Hall–Kier alpha value is 0.275. The SMILES string of the molecule is CC[C@@H](Cl)B1O[C@@H]2C[C@@H]3C[C@@H](C3(C)C)[C@]2(C)O1. The molecule has 5 atom stereocenters. The van der Waals surface area contributed by atoms with Crippen molar-refractivity contribution >= 4 is 18.7 Å². The lowest BCUT2D eigenvalue weighted by molar-refractivity contribution is -0.199. The van der Waals surface area contributed by atoms with Gasteiger partial charge in [-0.05, 0) is 43.4 Å². The molecular formula is C13H22BClO2. The minimum atomic E-state index is -0.202. The predicted octanol–water partition coefficient (Wildman–Crippen LogP) is 3.27. The molecule has 0 N–H and O–H groups in total. The molecule has 2 nitrogen and oxygen atoms in total. The zero-order valence-electron chi connectivity index (χ0n) is 11.2. The molecule has 17 heavy (non-hydrogen) atoms. The van der Waals surface area contributed by atoms with Crippen LogP contribution in [0.25, 0.3) is 0 Å². The second kappa shape index (κ2) is 3.65. The van der Waals surface area contributed by atoms with Gasteiger partial charge < -0.3 is 9.31 Å². The molecule has 0 spiro atoms. The van der Waals surface area contributed by atoms with Gasteiger partial charge in [0, 0.05) is 0 Å². The number of rotatable bonds is 2. The van der Waals surface area contributed by atoms with Gasteiger partial charge in [0.05, 0.1) is 17.0 Å². The first kappa shape index (κ1) is 12.3. The van der Waals surface area contributed by atoms with Crippen LogP contribution in [0.5, 0.6) is 0 Å². The van der Waals surface area contributed by atoms with Gasteiger partial charge in [0.25, 0.3) is 0 Å². The Kier molecular flexibility index (Phi) is 2.64. The number of halogens is 1. The fraction of sp³-hybridized carbons (Fsp3) is 1.00. The first-order valence-corrected chi connectivity index (χ1v) is 7.30. The maximum atomic E-state index is 6.28. The molecule has 0 aromatic heterocycles. The average molecular weight is 257 g/mol. The van der Waals surface area contributed by atoms with Gasteiger partial charge in [0.2, 0.25) is 0 Å². The van der Waals surface area contributed by atoms with Gasteiger partial charge in [-0.15, -0.1) is 11.6 Å². The van der Waals surface area contributed by atoms with Crippen LogP contribution in [-0.2, 0) is 9.31 Å². The monoisotopic (exact) mass is 256 g/mol. The highest BCUT2D eigenvalue weighted by atomic mass is 35.5. The van der Waals surface area contributed by atoms with E-state index in [1.54, 1.807) is 0 Å². The number of alkyl halides is 1. The van der Waals surface area contributed by atoms with Crippen molar-refractivity contribution < 1.29 is 9.31 Å². The van der Waals surface area contributed by atoms with Crippen molar-refractivity contribution in [1.82, 2.24) is 0 Å². The summed E-state index contributed by atoms with van der Waals surface area (Å²) in [7, 11) is -0.202. The van der Waals surface area contributed by atoms with Gasteiger partial charge in [-0.2, -0.15) is 0 Å². The van der Waals surface area contributed by atoms with Crippen LogP contribution in [-0.4, -0.2) is 24.1 Å². The minimum Gasteiger partial charge on any atom is -0.404 e. The molecule has 0 amide bonds. The van der Waals surface area contributed by atoms with Crippen molar-refractivity contribution in [2.45, 2.75) is 63.9 Å². The normalized spacial score (nSPS) is 48.5. The summed E-state index contributed by atoms with van der Waals surface area (Å²) in [4.78, 5) is 0. The van der Waals surface area contributed by atoms with E-state index in [1.807, 2.05) is 0 Å². The summed E-state index contributed by atoms with van der Waals surface area (Å²) in [6, 6.07) is 0. The van der Waals surface area contributed by atoms with E-state index in [1.165, 1.54) is 6.42 Å². The zero-order chi connectivity index (χ0) is 12.4. The van der Waals surface area contributed by atoms with E-state index in [4.69, 9.17) is 20.9 Å². The Morgan fingerprint density at radius 1 is 1.35 bits per heavy atom. The van der Waals surface area contributed by atoms with Crippen LogP contribution in [0.3, 0.4) is 0 Å². The maximum Gasteiger partial charge on any atom is 0.476 e. The Labute approximate surface area is 110 Å². The summed E-state index contributed by atoms with van der Waals surface area (Å²) in [6.45, 7) is 9.07. The molecule has 3 saturated carbocycles. The topological polar surface area (TPSA) is 18.5 Å². The molecule has 4 fully saturated rings. The maximum absolute atomic E-state index is 6.28. The van der Waals surface area contributed by atoms with Crippen LogP contribution in [0.1, 0.15) is 47.0 Å². The lowest BCUT2D eigenvalue weighted by Gasteiger charge is -2.64. The van der Waals surface area contributed by atoms with E-state index in [-0.39, 0.29) is 24.1 Å². The number of hydrogen-bond donors (Lipinski definition) is 0. The van der Waals surface area contributed by atoms with Gasteiger partial charge in [-0.3, -0.25) is 0 Å². The summed E-state index contributed by atoms with van der Waals surface area (Å²) < 4.78 is 12.3. The highest BCUT2D eigenvalue weighted by Crippen LogP contribution is 2.65. The highest BCUT2D eigenvalue weighted by Gasteiger charge is 2.68. The average Bonchev–Trinajstić information content (AvgIpc) is 2.64. The third-order valence-corrected chi connectivity index (χ3v) is 6.17. The molecule has 1 heterocycles. The molecule has 0 aromatic carbocycles. The van der Waals surface area contributed by atoms with Crippen LogP contribution in [0.15, 0.2) is 0 Å². The fourth-order valence-corrected chi connectivity index (χ4v) is 4.36. The van der Waals surface area contributed by atoms with Crippen molar-refractivity contribution in [1.29, 1.82) is 0 Å². The second-order valence-corrected chi connectivity index (χ2v) is 7.32. The van der Waals surface area contributed by atoms with Crippen LogP contribution < -0.4 is 0 Å². The van der Waals surface area contributed by atoms with Crippen LogP contribution in [0, 0.1) is 17.3 Å². The molecule has 4 aliphatic rings. The Morgan fingerprint density at radius 3 is 2.65 bits per heavy atom. The Bertz CT molecular complexity index is 335. The van der Waals surface area contributed by atoms with Gasteiger partial charge in [-0.1, -0.05) is 20.8 Å². The summed E-state index contributed by atoms with van der Waals surface area (Å²) in [6.07, 6.45) is 3.60. The molecule has 0 aromatic rings. The van der Waals surface area contributed by atoms with Crippen LogP contribution in [0.2, 0.25) is 0 Å². The molecule has 0 unspecified atom stereocenters. The molecule has 1 saturated heterocycles. The van der Waals surface area contributed by atoms with Crippen LogP contribution >= 0.6 is 11.6 Å². The standard InChI is InChI=1S/C13H22BClO2/c1-5-11(15)14-16-10-7-8-6-9(12(8,2)3)13(10,4)17-14/h8-11H,5-7H2,1-4H3/t8-,9-,10+,11+,13-/m0/s1. The Morgan fingerprint density at radius 2 is 2.06 bits per heavy atom. The van der Waals surface area contributed by atoms with Crippen molar-refractivity contribution in [2.75, 3.05) is 0 Å². The van der Waals surface area contributed by atoms with Crippen molar-refractivity contribution in [3.05, 3.63) is 0 Å². The molecule has 4 rings (SSSR count). The van der Waals surface area contributed by atoms with Crippen LogP contribution in [0.4, 0.5) is 0 Å². The molecule has 3 aliphatic carbocycles. The van der Waals surface area contributed by atoms with E-state index in [9.17, 15) is 0 Å². The first-order valence-electron chi connectivity index (χ1n) is 6.87. The lowest BCUT2D eigenvalue weighted by Crippen LogP contribution is -2.65. The largest absolute Gasteiger partial charge is 0.476 e. The predicted molar refractivity (Wildman–Crippen MR) is 70.0 cm³/mol. The van der Waals surface area contributed by atoms with E-state index in [0.717, 1.165) is 18.8 Å². The van der Waals surface area contributed by atoms with Crippen molar-refractivity contribution in [2.24, 2.45) is 17.3 Å². The smallest absolute Gasteiger partial charge is 0.404 e. The van der Waals surface area contributed by atoms with E-state index in [0.29, 0.717) is 11.3 Å². The van der Waals surface area contributed by atoms with Gasteiger partial charge >= 0.3 is 7.12 Å². The molecule has 4 heteroatoms. The minimum absolute atomic E-state index is 0.0160. The third kappa shape index (κ3) is 1.48. The summed E-state index contributed by atoms with van der Waals surface area (Å²) in [5, 5.41) is -0.0160. The summed E-state index contributed by atoms with van der Waals surface area (Å²) in [5.74, 6) is 1.44. The highest BCUT2D eigenvalue weighted by molar-refractivity contribution is 6.59. The quantitative estimate of drug-likeness (QED) is 0.558. The van der Waals surface area contributed by atoms with Gasteiger partial charge in [-0.25, -0.2) is 0 Å². The van der Waals surface area contributed by atoms with E-state index < -0.39 is 0 Å². The molecule has 1 aliphatic heterocycles. The molecule has 96 valence electrons. The summed E-state index contributed by atoms with van der Waals surface area (Å²) >= 11 is 6.28.